The molecule has 7 heteroatoms. The summed E-state index contributed by atoms with van der Waals surface area (Å²) in [6.07, 6.45) is 0. The van der Waals surface area contributed by atoms with Gasteiger partial charge in [0.1, 0.15) is 0 Å². The number of carbonyl (C=O) groups is 1. The van der Waals surface area contributed by atoms with E-state index in [2.05, 4.69) is 39.6 Å². The van der Waals surface area contributed by atoms with Gasteiger partial charge in [-0.1, -0.05) is 29.3 Å². The Morgan fingerprint density at radius 2 is 1.62 bits per heavy atom. The molecule has 0 unspecified atom stereocenters. The van der Waals surface area contributed by atoms with Crippen molar-refractivity contribution in [1.29, 1.82) is 0 Å². The maximum absolute atomic E-state index is 12.1. The van der Waals surface area contributed by atoms with E-state index >= 15 is 0 Å². The third-order valence-corrected chi connectivity index (χ3v) is 5.05. The van der Waals surface area contributed by atoms with Crippen LogP contribution < -0.4 is 15.5 Å². The molecule has 2 N–H and O–H groups in total. The molecule has 1 saturated heterocycles. The average Bonchev–Trinajstić information content (AvgIpc) is 2.64. The molecule has 0 aromatic heterocycles. The first-order chi connectivity index (χ1) is 12.5. The summed E-state index contributed by atoms with van der Waals surface area (Å²) in [6, 6.07) is 13.3. The molecule has 1 aliphatic rings. The molecule has 1 aliphatic heterocycles. The van der Waals surface area contributed by atoms with E-state index in [0.717, 1.165) is 31.9 Å². The Morgan fingerprint density at radius 1 is 1.00 bits per heavy atom. The lowest BCUT2D eigenvalue weighted by molar-refractivity contribution is -0.114. The number of piperazine rings is 1. The zero-order valence-electron chi connectivity index (χ0n) is 14.6. The lowest BCUT2D eigenvalue weighted by Gasteiger charge is -2.34. The van der Waals surface area contributed by atoms with E-state index in [1.165, 1.54) is 5.69 Å². The van der Waals surface area contributed by atoms with Gasteiger partial charge in [-0.05, 0) is 43.4 Å². The zero-order valence-corrected chi connectivity index (χ0v) is 16.1. The number of nitrogens with one attached hydrogen (secondary N) is 2. The smallest absolute Gasteiger partial charge is 0.243 e. The first-order valence-electron chi connectivity index (χ1n) is 8.54. The molecule has 0 aliphatic carbocycles. The minimum atomic E-state index is -0.205. The summed E-state index contributed by atoms with van der Waals surface area (Å²) in [6.45, 7) is 4.35. The van der Waals surface area contributed by atoms with Gasteiger partial charge in [-0.3, -0.25) is 4.79 Å². The van der Waals surface area contributed by atoms with Crippen molar-refractivity contribution >= 4 is 46.2 Å². The van der Waals surface area contributed by atoms with Gasteiger partial charge in [0.15, 0.2) is 0 Å². The van der Waals surface area contributed by atoms with E-state index in [1.54, 1.807) is 18.2 Å². The Morgan fingerprint density at radius 3 is 2.23 bits per heavy atom. The normalized spacial score (nSPS) is 15.0. The van der Waals surface area contributed by atoms with Gasteiger partial charge in [0.05, 0.1) is 22.3 Å². The molecular formula is C19H22Cl2N4O. The molecule has 0 spiro atoms. The van der Waals surface area contributed by atoms with Crippen molar-refractivity contribution in [1.82, 2.24) is 4.90 Å². The monoisotopic (exact) mass is 392 g/mol. The maximum Gasteiger partial charge on any atom is 0.243 e. The highest BCUT2D eigenvalue weighted by Crippen LogP contribution is 2.29. The number of likely N-dealkylation sites (N-methyl/N-ethyl adjacent to an activating group) is 1. The minimum absolute atomic E-state index is 0.134. The van der Waals surface area contributed by atoms with Crippen LogP contribution in [0.5, 0.6) is 0 Å². The van der Waals surface area contributed by atoms with E-state index in [0.29, 0.717) is 15.7 Å². The van der Waals surface area contributed by atoms with Crippen molar-refractivity contribution in [3.63, 3.8) is 0 Å². The van der Waals surface area contributed by atoms with Gasteiger partial charge in [0, 0.05) is 37.6 Å². The van der Waals surface area contributed by atoms with Gasteiger partial charge in [-0.2, -0.15) is 0 Å². The van der Waals surface area contributed by atoms with E-state index in [1.807, 2.05) is 12.1 Å². The van der Waals surface area contributed by atoms with Crippen LogP contribution in [0.2, 0.25) is 10.0 Å². The van der Waals surface area contributed by atoms with Crippen LogP contribution in [0.4, 0.5) is 17.1 Å². The zero-order chi connectivity index (χ0) is 18.5. The molecule has 1 fully saturated rings. The third kappa shape index (κ3) is 4.81. The van der Waals surface area contributed by atoms with Crippen molar-refractivity contribution in [3.8, 4) is 0 Å². The molecule has 26 heavy (non-hydrogen) atoms. The minimum Gasteiger partial charge on any atom is -0.376 e. The van der Waals surface area contributed by atoms with Gasteiger partial charge in [-0.15, -0.1) is 0 Å². The summed E-state index contributed by atoms with van der Waals surface area (Å²) in [5, 5.41) is 6.69. The van der Waals surface area contributed by atoms with Crippen LogP contribution in [0.15, 0.2) is 42.5 Å². The molecule has 138 valence electrons. The number of nitrogens with zero attached hydrogens (tertiary/aromatic N) is 2. The molecular weight excluding hydrogens is 371 g/mol. The van der Waals surface area contributed by atoms with Crippen LogP contribution >= 0.6 is 23.2 Å². The molecule has 1 amide bonds. The molecule has 0 atom stereocenters. The predicted octanol–water partition coefficient (Wildman–Crippen LogP) is 3.80. The highest BCUT2D eigenvalue weighted by Gasteiger charge is 2.14. The van der Waals surface area contributed by atoms with Gasteiger partial charge in [0.2, 0.25) is 5.91 Å². The quantitative estimate of drug-likeness (QED) is 0.812. The first kappa shape index (κ1) is 18.8. The van der Waals surface area contributed by atoms with E-state index < -0.39 is 0 Å². The Hall–Kier alpha value is -1.95. The number of hydrogen-bond donors (Lipinski definition) is 2. The summed E-state index contributed by atoms with van der Waals surface area (Å²) in [5.41, 5.74) is 2.53. The SMILES string of the molecule is CN1CCN(c2ccc(NCC(=O)Nc3c(Cl)cccc3Cl)cc2)CC1. The highest BCUT2D eigenvalue weighted by molar-refractivity contribution is 6.39. The number of amides is 1. The molecule has 0 saturated carbocycles. The number of hydrogen-bond acceptors (Lipinski definition) is 4. The lowest BCUT2D eigenvalue weighted by Crippen LogP contribution is -2.44. The van der Waals surface area contributed by atoms with Crippen LogP contribution in [0.3, 0.4) is 0 Å². The van der Waals surface area contributed by atoms with Crippen LogP contribution in [-0.4, -0.2) is 50.6 Å². The van der Waals surface area contributed by atoms with E-state index in [9.17, 15) is 4.79 Å². The first-order valence-corrected chi connectivity index (χ1v) is 9.30. The Labute approximate surface area is 163 Å². The molecule has 0 radical (unpaired) electrons. The number of carbonyl (C=O) groups excluding carboxylic acids is 1. The summed E-state index contributed by atoms with van der Waals surface area (Å²) < 4.78 is 0. The van der Waals surface area contributed by atoms with Gasteiger partial charge in [-0.25, -0.2) is 0 Å². The number of rotatable bonds is 5. The largest absolute Gasteiger partial charge is 0.376 e. The van der Waals surface area contributed by atoms with Crippen LogP contribution in [0.25, 0.3) is 0 Å². The average molecular weight is 393 g/mol. The van der Waals surface area contributed by atoms with Crippen molar-refractivity contribution < 1.29 is 4.79 Å². The number of benzene rings is 2. The summed E-state index contributed by atoms with van der Waals surface area (Å²) in [7, 11) is 2.14. The lowest BCUT2D eigenvalue weighted by atomic mass is 10.2. The topological polar surface area (TPSA) is 47.6 Å². The van der Waals surface area contributed by atoms with E-state index in [-0.39, 0.29) is 12.5 Å². The number of para-hydroxylation sites is 1. The number of halogens is 2. The summed E-state index contributed by atoms with van der Waals surface area (Å²) in [5.74, 6) is -0.205. The van der Waals surface area contributed by atoms with Gasteiger partial charge in [0.25, 0.3) is 0 Å². The Kier molecular flexibility index (Phi) is 6.25. The second-order valence-corrected chi connectivity index (χ2v) is 7.15. The van der Waals surface area contributed by atoms with Crippen molar-refractivity contribution in [2.45, 2.75) is 0 Å². The predicted molar refractivity (Wildman–Crippen MR) is 110 cm³/mol. The molecule has 2 aromatic carbocycles. The van der Waals surface area contributed by atoms with Crippen molar-refractivity contribution in [2.24, 2.45) is 0 Å². The van der Waals surface area contributed by atoms with Crippen LogP contribution in [-0.2, 0) is 4.79 Å². The van der Waals surface area contributed by atoms with Crippen molar-refractivity contribution in [3.05, 3.63) is 52.5 Å². The molecule has 5 nitrogen and oxygen atoms in total. The van der Waals surface area contributed by atoms with E-state index in [4.69, 9.17) is 23.2 Å². The fourth-order valence-corrected chi connectivity index (χ4v) is 3.33. The summed E-state index contributed by atoms with van der Waals surface area (Å²) in [4.78, 5) is 16.8. The van der Waals surface area contributed by atoms with Crippen molar-refractivity contribution in [2.75, 3.05) is 55.3 Å². The molecule has 3 rings (SSSR count). The second-order valence-electron chi connectivity index (χ2n) is 6.34. The molecule has 1 heterocycles. The van der Waals surface area contributed by atoms with Gasteiger partial charge < -0.3 is 20.4 Å². The fourth-order valence-electron chi connectivity index (χ4n) is 2.84. The van der Waals surface area contributed by atoms with Crippen LogP contribution in [0, 0.1) is 0 Å². The molecule has 0 bridgehead atoms. The Balaban J connectivity index is 1.52. The maximum atomic E-state index is 12.1. The van der Waals surface area contributed by atoms with Crippen LogP contribution in [0.1, 0.15) is 0 Å². The summed E-state index contributed by atoms with van der Waals surface area (Å²) >= 11 is 12.1. The Bertz CT molecular complexity index is 738. The number of anilines is 3. The van der Waals surface area contributed by atoms with Gasteiger partial charge >= 0.3 is 0 Å². The standard InChI is InChI=1S/C19H22Cl2N4O/c1-24-9-11-25(12-10-24)15-7-5-14(6-8-15)22-13-18(26)23-19-16(20)3-2-4-17(19)21/h2-8,22H,9-13H2,1H3,(H,23,26). The fraction of sp³-hybridized carbons (Fsp3) is 0.316. The second kappa shape index (κ2) is 8.62. The highest BCUT2D eigenvalue weighted by atomic mass is 35.5. The molecule has 2 aromatic rings. The third-order valence-electron chi connectivity index (χ3n) is 4.42.